The van der Waals surface area contributed by atoms with Crippen LogP contribution < -0.4 is 15.2 Å². The first-order chi connectivity index (χ1) is 9.75. The molecule has 0 unspecified atom stereocenters. The topological polar surface area (TPSA) is 44.5 Å². The van der Waals surface area contributed by atoms with E-state index in [9.17, 15) is 4.39 Å². The third-order valence-corrected chi connectivity index (χ3v) is 2.99. The van der Waals surface area contributed by atoms with Crippen molar-refractivity contribution in [3.05, 3.63) is 47.2 Å². The summed E-state index contributed by atoms with van der Waals surface area (Å²) in [6, 6.07) is 9.89. The Morgan fingerprint density at radius 1 is 1.05 bits per heavy atom. The third kappa shape index (κ3) is 2.86. The molecular formula is C15H15ClFNO2. The molecule has 1 heterocycles. The van der Waals surface area contributed by atoms with E-state index in [1.165, 1.54) is 13.1 Å². The molecule has 0 aliphatic carbocycles. The van der Waals surface area contributed by atoms with E-state index in [-0.39, 0.29) is 5.82 Å². The zero-order valence-electron chi connectivity index (χ0n) is 11.0. The molecule has 0 amide bonds. The largest absolute Gasteiger partial charge is 0.486 e. The van der Waals surface area contributed by atoms with Crippen LogP contribution >= 0.6 is 11.6 Å². The summed E-state index contributed by atoms with van der Waals surface area (Å²) in [5.74, 6) is 0.805. The van der Waals surface area contributed by atoms with Gasteiger partial charge in [-0.15, -0.1) is 0 Å². The summed E-state index contributed by atoms with van der Waals surface area (Å²) in [5.41, 5.74) is 5.58. The minimum Gasteiger partial charge on any atom is -0.486 e. The normalized spacial score (nSPS) is 12.4. The van der Waals surface area contributed by atoms with Crippen molar-refractivity contribution in [1.29, 1.82) is 0 Å². The first-order valence-corrected chi connectivity index (χ1v) is 6.55. The Balaban J connectivity index is 0.000000704. The Morgan fingerprint density at radius 3 is 2.50 bits per heavy atom. The monoisotopic (exact) mass is 295 g/mol. The lowest BCUT2D eigenvalue weighted by Crippen LogP contribution is -2.16. The van der Waals surface area contributed by atoms with E-state index in [1.807, 2.05) is 0 Å². The Labute approximate surface area is 122 Å². The van der Waals surface area contributed by atoms with Crippen molar-refractivity contribution in [2.75, 3.05) is 20.3 Å². The van der Waals surface area contributed by atoms with Gasteiger partial charge in [0.2, 0.25) is 0 Å². The van der Waals surface area contributed by atoms with E-state index in [4.69, 9.17) is 21.1 Å². The minimum absolute atomic E-state index is 0.309. The average molecular weight is 296 g/mol. The van der Waals surface area contributed by atoms with Crippen LogP contribution in [0.15, 0.2) is 36.4 Å². The molecule has 0 saturated carbocycles. The van der Waals surface area contributed by atoms with E-state index in [0.29, 0.717) is 40.9 Å². The fourth-order valence-corrected chi connectivity index (χ4v) is 2.21. The van der Waals surface area contributed by atoms with Gasteiger partial charge >= 0.3 is 0 Å². The van der Waals surface area contributed by atoms with Gasteiger partial charge in [-0.3, -0.25) is 0 Å². The molecule has 2 aromatic carbocycles. The SMILES string of the molecule is CN.Fc1ccccc1-c1cc(Cl)cc2c1OCCO2. The molecule has 0 atom stereocenters. The van der Waals surface area contributed by atoms with Crippen LogP contribution in [0.2, 0.25) is 5.02 Å². The average Bonchev–Trinajstić information content (AvgIpc) is 2.49. The third-order valence-electron chi connectivity index (χ3n) is 2.77. The molecule has 2 aromatic rings. The van der Waals surface area contributed by atoms with Gasteiger partial charge in [0.15, 0.2) is 11.5 Å². The van der Waals surface area contributed by atoms with E-state index >= 15 is 0 Å². The van der Waals surface area contributed by atoms with E-state index < -0.39 is 0 Å². The second kappa shape index (κ2) is 6.59. The van der Waals surface area contributed by atoms with Crippen molar-refractivity contribution in [1.82, 2.24) is 0 Å². The van der Waals surface area contributed by atoms with Crippen molar-refractivity contribution in [2.24, 2.45) is 5.73 Å². The predicted molar refractivity (Wildman–Crippen MR) is 77.9 cm³/mol. The van der Waals surface area contributed by atoms with E-state index in [2.05, 4.69) is 5.73 Å². The molecule has 1 aliphatic rings. The maximum atomic E-state index is 13.8. The molecule has 0 spiro atoms. The summed E-state index contributed by atoms with van der Waals surface area (Å²) in [7, 11) is 1.50. The van der Waals surface area contributed by atoms with Crippen LogP contribution in [0.3, 0.4) is 0 Å². The summed E-state index contributed by atoms with van der Waals surface area (Å²) >= 11 is 6.03. The van der Waals surface area contributed by atoms with Gasteiger partial charge < -0.3 is 15.2 Å². The summed E-state index contributed by atoms with van der Waals surface area (Å²) < 4.78 is 24.9. The van der Waals surface area contributed by atoms with Gasteiger partial charge in [0, 0.05) is 22.2 Å². The highest BCUT2D eigenvalue weighted by Crippen LogP contribution is 2.42. The van der Waals surface area contributed by atoms with E-state index in [0.717, 1.165) is 0 Å². The van der Waals surface area contributed by atoms with Crippen LogP contribution in [0.25, 0.3) is 11.1 Å². The Kier molecular flexibility index (Phi) is 4.82. The highest BCUT2D eigenvalue weighted by Gasteiger charge is 2.20. The predicted octanol–water partition coefficient (Wildman–Crippen LogP) is 3.49. The molecule has 0 saturated heterocycles. The molecule has 20 heavy (non-hydrogen) atoms. The van der Waals surface area contributed by atoms with Crippen molar-refractivity contribution < 1.29 is 13.9 Å². The Bertz CT molecular complexity index is 604. The molecule has 106 valence electrons. The number of fused-ring (bicyclic) bond motifs is 1. The summed E-state index contributed by atoms with van der Waals surface area (Å²) in [4.78, 5) is 0. The number of benzene rings is 2. The second-order valence-electron chi connectivity index (χ2n) is 3.96. The van der Waals surface area contributed by atoms with Crippen LogP contribution in [-0.4, -0.2) is 20.3 Å². The summed E-state index contributed by atoms with van der Waals surface area (Å²) in [5, 5.41) is 0.498. The zero-order chi connectivity index (χ0) is 14.5. The second-order valence-corrected chi connectivity index (χ2v) is 4.39. The number of hydrogen-bond acceptors (Lipinski definition) is 3. The molecule has 3 rings (SSSR count). The maximum Gasteiger partial charge on any atom is 0.169 e. The smallest absolute Gasteiger partial charge is 0.169 e. The molecule has 0 bridgehead atoms. The number of rotatable bonds is 1. The quantitative estimate of drug-likeness (QED) is 0.876. The van der Waals surface area contributed by atoms with Crippen LogP contribution in [0.5, 0.6) is 11.5 Å². The van der Waals surface area contributed by atoms with Crippen molar-refractivity contribution >= 4 is 11.6 Å². The fraction of sp³-hybridized carbons (Fsp3) is 0.200. The van der Waals surface area contributed by atoms with Crippen LogP contribution in [-0.2, 0) is 0 Å². The van der Waals surface area contributed by atoms with E-state index in [1.54, 1.807) is 30.3 Å². The highest BCUT2D eigenvalue weighted by molar-refractivity contribution is 6.31. The highest BCUT2D eigenvalue weighted by atomic mass is 35.5. The molecule has 1 aliphatic heterocycles. The molecular weight excluding hydrogens is 281 g/mol. The van der Waals surface area contributed by atoms with Crippen LogP contribution in [0.4, 0.5) is 4.39 Å². The van der Waals surface area contributed by atoms with Gasteiger partial charge in [0.25, 0.3) is 0 Å². The van der Waals surface area contributed by atoms with Gasteiger partial charge in [0.1, 0.15) is 19.0 Å². The maximum absolute atomic E-state index is 13.8. The lowest BCUT2D eigenvalue weighted by Gasteiger charge is -2.21. The standard InChI is InChI=1S/C14H10ClFO2.CH5N/c15-9-7-11(10-3-1-2-4-12(10)16)14-13(8-9)17-5-6-18-14;1-2/h1-4,7-8H,5-6H2;2H2,1H3. The minimum atomic E-state index is -0.309. The lowest BCUT2D eigenvalue weighted by atomic mass is 10.0. The van der Waals surface area contributed by atoms with Gasteiger partial charge in [-0.2, -0.15) is 0 Å². The van der Waals surface area contributed by atoms with Crippen LogP contribution in [0.1, 0.15) is 0 Å². The number of halogens is 2. The van der Waals surface area contributed by atoms with Crippen molar-refractivity contribution in [3.8, 4) is 22.6 Å². The summed E-state index contributed by atoms with van der Waals surface area (Å²) in [6.45, 7) is 0.931. The number of ether oxygens (including phenoxy) is 2. The van der Waals surface area contributed by atoms with Gasteiger partial charge in [0.05, 0.1) is 0 Å². The molecule has 3 nitrogen and oxygen atoms in total. The molecule has 0 fully saturated rings. The first kappa shape index (κ1) is 14.6. The Hall–Kier alpha value is -1.78. The molecule has 2 N–H and O–H groups in total. The number of hydrogen-bond donors (Lipinski definition) is 1. The number of nitrogens with two attached hydrogens (primary N) is 1. The Morgan fingerprint density at radius 2 is 1.75 bits per heavy atom. The molecule has 5 heteroatoms. The van der Waals surface area contributed by atoms with Gasteiger partial charge in [-0.1, -0.05) is 29.8 Å². The van der Waals surface area contributed by atoms with Gasteiger partial charge in [-0.05, 0) is 19.2 Å². The van der Waals surface area contributed by atoms with Crippen LogP contribution in [0, 0.1) is 5.82 Å². The van der Waals surface area contributed by atoms with Gasteiger partial charge in [-0.25, -0.2) is 4.39 Å². The van der Waals surface area contributed by atoms with Crippen molar-refractivity contribution in [2.45, 2.75) is 0 Å². The van der Waals surface area contributed by atoms with Crippen molar-refractivity contribution in [3.63, 3.8) is 0 Å². The lowest BCUT2D eigenvalue weighted by molar-refractivity contribution is 0.172. The molecule has 0 radical (unpaired) electrons. The summed E-state index contributed by atoms with van der Waals surface area (Å²) in [6.07, 6.45) is 0. The molecule has 0 aromatic heterocycles. The fourth-order valence-electron chi connectivity index (χ4n) is 2.00. The zero-order valence-corrected chi connectivity index (χ0v) is 11.8. The first-order valence-electron chi connectivity index (χ1n) is 6.17.